The molecule has 0 amide bonds. The Balaban J connectivity index is 1.96. The first-order chi connectivity index (χ1) is 13.0. The van der Waals surface area contributed by atoms with Gasteiger partial charge in [-0.25, -0.2) is 0 Å². The number of carboxylic acid groups (broad SMARTS) is 1. The third-order valence-electron chi connectivity index (χ3n) is 5.32. The number of aliphatic carboxylic acids is 1. The second-order valence-corrected chi connectivity index (χ2v) is 8.21. The zero-order valence-electron chi connectivity index (χ0n) is 16.3. The molecule has 2 aromatic rings. The smallest absolute Gasteiger partial charge is 0.307 e. The summed E-state index contributed by atoms with van der Waals surface area (Å²) in [5, 5.41) is 9.51. The maximum absolute atomic E-state index is 11.6. The zero-order valence-corrected chi connectivity index (χ0v) is 17.1. The summed E-state index contributed by atoms with van der Waals surface area (Å²) in [6, 6.07) is 17.4. The van der Waals surface area contributed by atoms with Crippen LogP contribution in [0.25, 0.3) is 0 Å². The van der Waals surface area contributed by atoms with Gasteiger partial charge in [0.2, 0.25) is 0 Å². The molecule has 2 aromatic carbocycles. The third-order valence-corrected chi connectivity index (χ3v) is 6.07. The summed E-state index contributed by atoms with van der Waals surface area (Å²) in [5.74, 6) is -0.966. The first-order valence-corrected chi connectivity index (χ1v) is 10.6. The van der Waals surface area contributed by atoms with E-state index in [1.54, 1.807) is 11.8 Å². The first kappa shape index (κ1) is 19.8. The van der Waals surface area contributed by atoms with Crippen molar-refractivity contribution in [3.63, 3.8) is 0 Å². The molecule has 2 atom stereocenters. The molecule has 144 valence electrons. The fraction of sp³-hybridized carbons (Fsp3) is 0.409. The summed E-state index contributed by atoms with van der Waals surface area (Å²) < 4.78 is 0. The lowest BCUT2D eigenvalue weighted by molar-refractivity contribution is -0.143. The average Bonchev–Trinajstić information content (AvgIpc) is 2.69. The molecule has 0 saturated carbocycles. The van der Waals surface area contributed by atoms with Crippen molar-refractivity contribution < 1.29 is 9.90 Å². The number of hydrogen-bond acceptors (Lipinski definition) is 4. The van der Waals surface area contributed by atoms with Gasteiger partial charge in [-0.1, -0.05) is 24.3 Å². The van der Waals surface area contributed by atoms with Crippen LogP contribution in [0.1, 0.15) is 30.0 Å². The molecule has 27 heavy (non-hydrogen) atoms. The van der Waals surface area contributed by atoms with Gasteiger partial charge in [0, 0.05) is 31.2 Å². The first-order valence-electron chi connectivity index (χ1n) is 9.37. The van der Waals surface area contributed by atoms with Crippen LogP contribution in [0, 0.1) is 5.92 Å². The number of likely N-dealkylation sites (tertiary alicyclic amines) is 1. The largest absolute Gasteiger partial charge is 0.481 e. The minimum absolute atomic E-state index is 0.0827. The minimum Gasteiger partial charge on any atom is -0.481 e. The molecule has 1 saturated heterocycles. The van der Waals surface area contributed by atoms with Crippen molar-refractivity contribution in [3.05, 3.63) is 59.7 Å². The van der Waals surface area contributed by atoms with E-state index in [0.717, 1.165) is 25.1 Å². The van der Waals surface area contributed by atoms with E-state index >= 15 is 0 Å². The number of carboxylic acids is 1. The second kappa shape index (κ2) is 8.81. The summed E-state index contributed by atoms with van der Waals surface area (Å²) >= 11 is 1.73. The number of anilines is 1. The Morgan fingerprint density at radius 3 is 2.22 bits per heavy atom. The van der Waals surface area contributed by atoms with Crippen molar-refractivity contribution in [1.29, 1.82) is 0 Å². The van der Waals surface area contributed by atoms with Crippen molar-refractivity contribution in [2.45, 2.75) is 23.8 Å². The van der Waals surface area contributed by atoms with Crippen LogP contribution in [0.5, 0.6) is 0 Å². The molecule has 3 rings (SSSR count). The Morgan fingerprint density at radius 1 is 1.11 bits per heavy atom. The zero-order chi connectivity index (χ0) is 19.4. The summed E-state index contributed by atoms with van der Waals surface area (Å²) in [4.78, 5) is 17.2. The predicted molar refractivity (Wildman–Crippen MR) is 113 cm³/mol. The highest BCUT2D eigenvalue weighted by atomic mass is 32.2. The molecule has 0 radical (unpaired) electrons. The molecule has 0 aromatic heterocycles. The van der Waals surface area contributed by atoms with Gasteiger partial charge >= 0.3 is 5.97 Å². The summed E-state index contributed by atoms with van der Waals surface area (Å²) in [6.45, 7) is 1.52. The van der Waals surface area contributed by atoms with Gasteiger partial charge in [-0.2, -0.15) is 0 Å². The Labute approximate surface area is 166 Å². The molecule has 1 heterocycles. The highest BCUT2D eigenvalue weighted by Gasteiger charge is 2.31. The van der Waals surface area contributed by atoms with Gasteiger partial charge in [-0.05, 0) is 61.0 Å². The Bertz CT molecular complexity index is 759. The van der Waals surface area contributed by atoms with Crippen LogP contribution in [0.15, 0.2) is 53.4 Å². The van der Waals surface area contributed by atoms with E-state index in [2.05, 4.69) is 64.6 Å². The molecule has 0 spiro atoms. The number of rotatable bonds is 6. The third kappa shape index (κ3) is 4.66. The van der Waals surface area contributed by atoms with Crippen molar-refractivity contribution in [2.24, 2.45) is 5.92 Å². The fourth-order valence-electron chi connectivity index (χ4n) is 3.80. The van der Waals surface area contributed by atoms with E-state index in [4.69, 9.17) is 0 Å². The highest BCUT2D eigenvalue weighted by molar-refractivity contribution is 7.98. The van der Waals surface area contributed by atoms with Crippen molar-refractivity contribution >= 4 is 23.4 Å². The van der Waals surface area contributed by atoms with Crippen LogP contribution in [0.2, 0.25) is 0 Å². The van der Waals surface area contributed by atoms with Gasteiger partial charge in [0.1, 0.15) is 0 Å². The molecular weight excluding hydrogens is 356 g/mol. The molecule has 2 unspecified atom stereocenters. The van der Waals surface area contributed by atoms with Crippen LogP contribution < -0.4 is 4.90 Å². The number of carbonyl (C=O) groups is 1. The van der Waals surface area contributed by atoms with Crippen molar-refractivity contribution in [1.82, 2.24) is 4.90 Å². The molecular formula is C22H28N2O2S. The minimum atomic E-state index is -0.681. The maximum Gasteiger partial charge on any atom is 0.307 e. The quantitative estimate of drug-likeness (QED) is 0.750. The number of thioether (sulfide) groups is 1. The predicted octanol–water partition coefficient (Wildman–Crippen LogP) is 4.36. The van der Waals surface area contributed by atoms with Crippen LogP contribution in [0.3, 0.4) is 0 Å². The monoisotopic (exact) mass is 384 g/mol. The average molecular weight is 385 g/mol. The Kier molecular flexibility index (Phi) is 6.45. The van der Waals surface area contributed by atoms with Gasteiger partial charge in [-0.15, -0.1) is 11.8 Å². The van der Waals surface area contributed by atoms with Crippen LogP contribution in [-0.2, 0) is 4.79 Å². The molecule has 4 nitrogen and oxygen atoms in total. The molecule has 5 heteroatoms. The van der Waals surface area contributed by atoms with Gasteiger partial charge in [0.25, 0.3) is 0 Å². The van der Waals surface area contributed by atoms with Gasteiger partial charge in [0.05, 0.1) is 12.0 Å². The van der Waals surface area contributed by atoms with Gasteiger partial charge in [-0.3, -0.25) is 9.69 Å². The van der Waals surface area contributed by atoms with Gasteiger partial charge < -0.3 is 10.0 Å². The lowest BCUT2D eigenvalue weighted by atomic mass is 9.91. The molecule has 1 fully saturated rings. The molecule has 1 aliphatic heterocycles. The second-order valence-electron chi connectivity index (χ2n) is 7.33. The molecule has 1 aliphatic rings. The lowest BCUT2D eigenvalue weighted by Gasteiger charge is -2.37. The number of hydrogen-bond donors (Lipinski definition) is 1. The van der Waals surface area contributed by atoms with Crippen molar-refractivity contribution in [3.8, 4) is 0 Å². The molecule has 0 bridgehead atoms. The summed E-state index contributed by atoms with van der Waals surface area (Å²) in [5.41, 5.74) is 3.59. The molecule has 0 aliphatic carbocycles. The van der Waals surface area contributed by atoms with E-state index < -0.39 is 5.97 Å². The van der Waals surface area contributed by atoms with Crippen LogP contribution >= 0.6 is 11.8 Å². The van der Waals surface area contributed by atoms with E-state index in [0.29, 0.717) is 6.54 Å². The van der Waals surface area contributed by atoms with Crippen molar-refractivity contribution in [2.75, 3.05) is 38.3 Å². The number of nitrogens with zero attached hydrogens (tertiary/aromatic N) is 2. The lowest BCUT2D eigenvalue weighted by Crippen LogP contribution is -2.41. The summed E-state index contributed by atoms with van der Waals surface area (Å²) in [6.07, 6.45) is 3.77. The van der Waals surface area contributed by atoms with E-state index in [-0.39, 0.29) is 12.0 Å². The summed E-state index contributed by atoms with van der Waals surface area (Å²) in [7, 11) is 4.07. The van der Waals surface area contributed by atoms with Crippen LogP contribution in [-0.4, -0.2) is 49.4 Å². The highest BCUT2D eigenvalue weighted by Crippen LogP contribution is 2.34. The Hall–Kier alpha value is -1.98. The van der Waals surface area contributed by atoms with E-state index in [9.17, 15) is 9.90 Å². The topological polar surface area (TPSA) is 43.8 Å². The van der Waals surface area contributed by atoms with Gasteiger partial charge in [0.15, 0.2) is 0 Å². The Morgan fingerprint density at radius 2 is 1.70 bits per heavy atom. The number of benzene rings is 2. The number of piperidine rings is 1. The molecule has 1 N–H and O–H groups in total. The normalized spacial score (nSPS) is 18.9. The van der Waals surface area contributed by atoms with E-state index in [1.807, 2.05) is 14.1 Å². The SMILES string of the molecule is CSc1ccc(C(c2ccc(N(C)C)cc2)N2CCCC(C(=O)O)C2)cc1. The maximum atomic E-state index is 11.6. The van der Waals surface area contributed by atoms with Crippen LogP contribution in [0.4, 0.5) is 5.69 Å². The van der Waals surface area contributed by atoms with E-state index in [1.165, 1.54) is 16.0 Å². The fourth-order valence-corrected chi connectivity index (χ4v) is 4.21. The standard InChI is InChI=1S/C22H28N2O2S/c1-23(2)19-10-6-16(7-11-19)21(17-8-12-20(27-3)13-9-17)24-14-4-5-18(15-24)22(25)26/h6-13,18,21H,4-5,14-15H2,1-3H3,(H,25,26).